The zero-order chi connectivity index (χ0) is 23.2. The number of carbonyl (C=O) groups is 1. The first-order chi connectivity index (χ1) is 16.8. The number of aromatic amines is 1. The number of para-hydroxylation sites is 1. The minimum Gasteiger partial charge on any atom is -0.385 e. The van der Waals surface area contributed by atoms with E-state index in [1.807, 2.05) is 12.4 Å². The topological polar surface area (TPSA) is 64.3 Å². The first-order valence-electron chi connectivity index (χ1n) is 12.6. The van der Waals surface area contributed by atoms with Crippen LogP contribution in [0, 0.1) is 0 Å². The Morgan fingerprint density at radius 3 is 2.65 bits per heavy atom. The molecule has 2 N–H and O–H groups in total. The van der Waals surface area contributed by atoms with Gasteiger partial charge in [-0.2, -0.15) is 5.10 Å². The molecule has 1 amide bonds. The highest BCUT2D eigenvalue weighted by molar-refractivity contribution is 5.76. The van der Waals surface area contributed by atoms with Crippen molar-refractivity contribution in [2.45, 2.75) is 63.7 Å². The highest BCUT2D eigenvalue weighted by Crippen LogP contribution is 2.31. The standard InChI is InChI=1S/C28H35N5O/c34-28(12-6-9-23-17-30-31-18-23)32-20-24-10-4-5-11-27(24)29-16-15-25-13-14-26(21-32)33(25)19-22-7-2-1-3-8-22/h1-5,7-8,10-11,17-18,25-26,29H,6,9,12-16,19-21H2,(H,30,31)/t25-,26+/m0/s1. The molecule has 3 aromatic rings. The van der Waals surface area contributed by atoms with Crippen molar-refractivity contribution in [3.8, 4) is 0 Å². The molecule has 0 unspecified atom stereocenters. The summed E-state index contributed by atoms with van der Waals surface area (Å²) in [6.07, 6.45) is 9.52. The van der Waals surface area contributed by atoms with E-state index in [2.05, 4.69) is 79.9 Å². The van der Waals surface area contributed by atoms with Gasteiger partial charge in [0.15, 0.2) is 0 Å². The Morgan fingerprint density at radius 1 is 0.971 bits per heavy atom. The molecule has 6 nitrogen and oxygen atoms in total. The van der Waals surface area contributed by atoms with Crippen molar-refractivity contribution in [2.24, 2.45) is 0 Å². The lowest BCUT2D eigenvalue weighted by molar-refractivity contribution is -0.132. The summed E-state index contributed by atoms with van der Waals surface area (Å²) in [5.41, 5.74) is 4.88. The Bertz CT molecular complexity index is 1050. The summed E-state index contributed by atoms with van der Waals surface area (Å²) in [5, 5.41) is 10.6. The van der Waals surface area contributed by atoms with E-state index in [0.717, 1.165) is 56.6 Å². The summed E-state index contributed by atoms with van der Waals surface area (Å²) in [7, 11) is 0. The van der Waals surface area contributed by atoms with Crippen molar-refractivity contribution in [1.29, 1.82) is 0 Å². The van der Waals surface area contributed by atoms with Crippen LogP contribution in [-0.4, -0.2) is 51.1 Å². The Kier molecular flexibility index (Phi) is 7.25. The number of aromatic nitrogens is 2. The zero-order valence-corrected chi connectivity index (χ0v) is 19.8. The number of hydrogen-bond acceptors (Lipinski definition) is 4. The van der Waals surface area contributed by atoms with Crippen molar-refractivity contribution in [3.63, 3.8) is 0 Å². The van der Waals surface area contributed by atoms with Gasteiger partial charge in [-0.3, -0.25) is 14.8 Å². The molecule has 5 rings (SSSR count). The van der Waals surface area contributed by atoms with Crippen LogP contribution in [0.2, 0.25) is 0 Å². The summed E-state index contributed by atoms with van der Waals surface area (Å²) in [6.45, 7) is 3.36. The largest absolute Gasteiger partial charge is 0.385 e. The molecule has 1 fully saturated rings. The van der Waals surface area contributed by atoms with Gasteiger partial charge in [-0.1, -0.05) is 48.5 Å². The SMILES string of the molecule is O=C(CCCc1cn[nH]c1)N1Cc2ccccc2NCC[C@@H]2CC[C@H](C1)N2Cc1ccccc1. The third kappa shape index (κ3) is 5.50. The summed E-state index contributed by atoms with van der Waals surface area (Å²) in [4.78, 5) is 18.3. The molecule has 1 saturated heterocycles. The van der Waals surface area contributed by atoms with Crippen LogP contribution in [0.15, 0.2) is 67.0 Å². The smallest absolute Gasteiger partial charge is 0.222 e. The van der Waals surface area contributed by atoms with E-state index >= 15 is 0 Å². The third-order valence-electron chi connectivity index (χ3n) is 7.35. The Labute approximate surface area is 202 Å². The number of amides is 1. The van der Waals surface area contributed by atoms with E-state index in [9.17, 15) is 4.79 Å². The van der Waals surface area contributed by atoms with Crippen LogP contribution >= 0.6 is 0 Å². The van der Waals surface area contributed by atoms with Gasteiger partial charge in [-0.15, -0.1) is 0 Å². The Balaban J connectivity index is 1.35. The molecule has 34 heavy (non-hydrogen) atoms. The van der Waals surface area contributed by atoms with E-state index in [1.54, 1.807) is 0 Å². The van der Waals surface area contributed by atoms with E-state index in [-0.39, 0.29) is 5.91 Å². The number of hydrogen-bond donors (Lipinski definition) is 2. The average molecular weight is 458 g/mol. The van der Waals surface area contributed by atoms with Gasteiger partial charge in [-0.25, -0.2) is 0 Å². The minimum atomic E-state index is 0.251. The molecular weight excluding hydrogens is 422 g/mol. The van der Waals surface area contributed by atoms with Crippen molar-refractivity contribution >= 4 is 11.6 Å². The van der Waals surface area contributed by atoms with Crippen LogP contribution in [0.4, 0.5) is 5.69 Å². The Morgan fingerprint density at radius 2 is 1.79 bits per heavy atom. The van der Waals surface area contributed by atoms with Crippen LogP contribution in [0.1, 0.15) is 48.8 Å². The molecule has 178 valence electrons. The van der Waals surface area contributed by atoms with Gasteiger partial charge in [0.1, 0.15) is 0 Å². The number of nitrogens with zero attached hydrogens (tertiary/aromatic N) is 3. The van der Waals surface area contributed by atoms with E-state index in [4.69, 9.17) is 0 Å². The summed E-state index contributed by atoms with van der Waals surface area (Å²) in [5.74, 6) is 0.251. The average Bonchev–Trinajstić information content (AvgIpc) is 3.50. The fraction of sp³-hybridized carbons (Fsp3) is 0.429. The second-order valence-corrected chi connectivity index (χ2v) is 9.65. The van der Waals surface area contributed by atoms with Gasteiger partial charge in [0.05, 0.1) is 6.20 Å². The maximum Gasteiger partial charge on any atom is 0.222 e. The molecule has 2 bridgehead atoms. The molecule has 0 spiro atoms. The van der Waals surface area contributed by atoms with Crippen molar-refractivity contribution < 1.29 is 4.79 Å². The van der Waals surface area contributed by atoms with Gasteiger partial charge >= 0.3 is 0 Å². The maximum atomic E-state index is 13.5. The number of fused-ring (bicyclic) bond motifs is 3. The Hall–Kier alpha value is -3.12. The van der Waals surface area contributed by atoms with Gasteiger partial charge in [-0.05, 0) is 54.9 Å². The first kappa shape index (κ1) is 22.7. The summed E-state index contributed by atoms with van der Waals surface area (Å²) in [6, 6.07) is 20.2. The lowest BCUT2D eigenvalue weighted by Gasteiger charge is -2.34. The van der Waals surface area contributed by atoms with E-state index < -0.39 is 0 Å². The van der Waals surface area contributed by atoms with E-state index in [0.29, 0.717) is 25.0 Å². The van der Waals surface area contributed by atoms with E-state index in [1.165, 1.54) is 17.5 Å². The number of carbonyl (C=O) groups excluding carboxylic acids is 1. The third-order valence-corrected chi connectivity index (χ3v) is 7.35. The number of rotatable bonds is 6. The number of aryl methyl sites for hydroxylation is 1. The predicted octanol–water partition coefficient (Wildman–Crippen LogP) is 4.61. The molecule has 3 heterocycles. The highest BCUT2D eigenvalue weighted by Gasteiger charge is 2.35. The molecule has 0 aliphatic carbocycles. The fourth-order valence-electron chi connectivity index (χ4n) is 5.51. The second-order valence-electron chi connectivity index (χ2n) is 9.65. The molecule has 1 aromatic heterocycles. The van der Waals surface area contributed by atoms with Crippen LogP contribution < -0.4 is 5.32 Å². The number of nitrogens with one attached hydrogen (secondary N) is 2. The molecule has 2 aromatic carbocycles. The number of H-pyrrole nitrogens is 1. The maximum absolute atomic E-state index is 13.5. The van der Waals surface area contributed by atoms with Crippen LogP contribution in [-0.2, 0) is 24.3 Å². The summed E-state index contributed by atoms with van der Waals surface area (Å²) < 4.78 is 0. The number of anilines is 1. The highest BCUT2D eigenvalue weighted by atomic mass is 16.2. The van der Waals surface area contributed by atoms with Gasteiger partial charge in [0.25, 0.3) is 0 Å². The van der Waals surface area contributed by atoms with Crippen LogP contribution in [0.25, 0.3) is 0 Å². The molecular formula is C28H35N5O. The second kappa shape index (κ2) is 10.9. The van der Waals surface area contributed by atoms with Gasteiger partial charge < -0.3 is 10.2 Å². The zero-order valence-electron chi connectivity index (χ0n) is 19.8. The predicted molar refractivity (Wildman–Crippen MR) is 135 cm³/mol. The fourth-order valence-corrected chi connectivity index (χ4v) is 5.51. The lowest BCUT2D eigenvalue weighted by atomic mass is 10.1. The molecule has 0 saturated carbocycles. The van der Waals surface area contributed by atoms with Crippen molar-refractivity contribution in [2.75, 3.05) is 18.4 Å². The normalized spacial score (nSPS) is 20.9. The summed E-state index contributed by atoms with van der Waals surface area (Å²) >= 11 is 0. The quantitative estimate of drug-likeness (QED) is 0.567. The van der Waals surface area contributed by atoms with Crippen LogP contribution in [0.3, 0.4) is 0 Å². The molecule has 2 aliphatic rings. The number of benzene rings is 2. The van der Waals surface area contributed by atoms with Crippen molar-refractivity contribution in [1.82, 2.24) is 20.0 Å². The molecule has 0 radical (unpaired) electrons. The lowest BCUT2D eigenvalue weighted by Crippen LogP contribution is -2.44. The minimum absolute atomic E-state index is 0.251. The van der Waals surface area contributed by atoms with Crippen LogP contribution in [0.5, 0.6) is 0 Å². The van der Waals surface area contributed by atoms with Gasteiger partial charge in [0.2, 0.25) is 5.91 Å². The van der Waals surface area contributed by atoms with Crippen molar-refractivity contribution in [3.05, 3.63) is 83.7 Å². The molecule has 2 atom stereocenters. The monoisotopic (exact) mass is 457 g/mol. The molecule has 2 aliphatic heterocycles. The first-order valence-corrected chi connectivity index (χ1v) is 12.6. The molecule has 6 heteroatoms. The van der Waals surface area contributed by atoms with Gasteiger partial charge in [0, 0.05) is 56.6 Å².